The standard InChI is InChI=1S/C6H11N2O2P/c1-8-3-2-7-4-5(8)6-10-11(6)9/h5,7H,2-4H2,1H3. The molecule has 2 rings (SSSR count). The van der Waals surface area contributed by atoms with E-state index in [1.54, 1.807) is 0 Å². The molecule has 0 bridgehead atoms. The molecule has 2 aliphatic heterocycles. The third kappa shape index (κ3) is 1.45. The maximum absolute atomic E-state index is 10.8. The molecule has 2 unspecified atom stereocenters. The van der Waals surface area contributed by atoms with E-state index >= 15 is 0 Å². The Morgan fingerprint density at radius 1 is 1.82 bits per heavy atom. The van der Waals surface area contributed by atoms with Gasteiger partial charge >= 0.3 is 5.48 Å². The molecular formula is C6H11N2O2P. The van der Waals surface area contributed by atoms with E-state index in [4.69, 9.17) is 4.52 Å². The van der Waals surface area contributed by atoms with Gasteiger partial charge in [0.1, 0.15) is 6.04 Å². The van der Waals surface area contributed by atoms with Crippen molar-refractivity contribution in [2.75, 3.05) is 26.7 Å². The van der Waals surface area contributed by atoms with E-state index in [1.165, 1.54) is 0 Å². The van der Waals surface area contributed by atoms with Gasteiger partial charge < -0.3 is 10.2 Å². The van der Waals surface area contributed by atoms with Crippen LogP contribution >= 0.6 is 8.00 Å². The second-order valence-corrected chi connectivity index (χ2v) is 4.02. The van der Waals surface area contributed by atoms with E-state index in [2.05, 4.69) is 10.2 Å². The summed E-state index contributed by atoms with van der Waals surface area (Å²) in [5.41, 5.74) is 0.773. The maximum Gasteiger partial charge on any atom is 0.321 e. The lowest BCUT2D eigenvalue weighted by Gasteiger charge is -2.28. The smallest absolute Gasteiger partial charge is 0.321 e. The molecule has 2 atom stereocenters. The van der Waals surface area contributed by atoms with Crippen LogP contribution in [0.1, 0.15) is 0 Å². The van der Waals surface area contributed by atoms with Crippen molar-refractivity contribution in [3.8, 4) is 0 Å². The lowest BCUT2D eigenvalue weighted by atomic mass is 10.2. The predicted octanol–water partition coefficient (Wildman–Crippen LogP) is -1.28. The molecule has 0 aromatic carbocycles. The van der Waals surface area contributed by atoms with Crippen LogP contribution in [0.25, 0.3) is 0 Å². The van der Waals surface area contributed by atoms with Gasteiger partial charge in [0.15, 0.2) is 0 Å². The Balaban J connectivity index is 2.01. The van der Waals surface area contributed by atoms with E-state index in [0.717, 1.165) is 25.1 Å². The van der Waals surface area contributed by atoms with Crippen LogP contribution < -0.4 is 10.2 Å². The van der Waals surface area contributed by atoms with Crippen molar-refractivity contribution in [2.24, 2.45) is 0 Å². The van der Waals surface area contributed by atoms with Crippen molar-refractivity contribution in [1.82, 2.24) is 10.2 Å². The van der Waals surface area contributed by atoms with Gasteiger partial charge in [0.05, 0.1) is 0 Å². The quantitative estimate of drug-likeness (QED) is 0.503. The van der Waals surface area contributed by atoms with Crippen molar-refractivity contribution >= 4 is 13.5 Å². The van der Waals surface area contributed by atoms with Crippen LogP contribution in [0.4, 0.5) is 0 Å². The Hall–Kier alpha value is 0.01000. The van der Waals surface area contributed by atoms with Crippen LogP contribution in [-0.4, -0.2) is 43.1 Å². The van der Waals surface area contributed by atoms with Gasteiger partial charge in [-0.15, -0.1) is 0 Å². The molecule has 0 aromatic rings. The van der Waals surface area contributed by atoms with Gasteiger partial charge in [-0.1, -0.05) is 4.52 Å². The molecule has 0 radical (unpaired) electrons. The topological polar surface area (TPSA) is 50.9 Å². The molecule has 4 nitrogen and oxygen atoms in total. The zero-order valence-corrected chi connectivity index (χ0v) is 7.30. The molecule has 11 heavy (non-hydrogen) atoms. The monoisotopic (exact) mass is 174 g/mol. The van der Waals surface area contributed by atoms with E-state index < -0.39 is 8.00 Å². The SMILES string of the molecule is CN1CCNCC1C1=[P+]([O-])O1. The fourth-order valence-electron chi connectivity index (χ4n) is 1.33. The summed E-state index contributed by atoms with van der Waals surface area (Å²) in [7, 11) is 0.633. The third-order valence-electron chi connectivity index (χ3n) is 2.12. The second-order valence-electron chi connectivity index (χ2n) is 2.89. The summed E-state index contributed by atoms with van der Waals surface area (Å²) >= 11 is 0. The Kier molecular flexibility index (Phi) is 1.95. The highest BCUT2D eigenvalue weighted by Crippen LogP contribution is 2.36. The zero-order chi connectivity index (χ0) is 7.84. The molecule has 1 saturated heterocycles. The van der Waals surface area contributed by atoms with Gasteiger partial charge in [0.2, 0.25) is 0 Å². The highest BCUT2D eigenvalue weighted by atomic mass is 31.1. The van der Waals surface area contributed by atoms with Gasteiger partial charge in [-0.25, -0.2) is 0 Å². The highest BCUT2D eigenvalue weighted by molar-refractivity contribution is 7.55. The van der Waals surface area contributed by atoms with Gasteiger partial charge in [-0.05, 0) is 7.05 Å². The van der Waals surface area contributed by atoms with Crippen LogP contribution in [0.15, 0.2) is 0 Å². The van der Waals surface area contributed by atoms with Crippen molar-refractivity contribution < 1.29 is 9.42 Å². The average molecular weight is 174 g/mol. The zero-order valence-electron chi connectivity index (χ0n) is 6.41. The average Bonchev–Trinajstić information content (AvgIpc) is 2.68. The highest BCUT2D eigenvalue weighted by Gasteiger charge is 2.43. The van der Waals surface area contributed by atoms with E-state index in [1.807, 2.05) is 7.05 Å². The summed E-state index contributed by atoms with van der Waals surface area (Å²) in [6.07, 6.45) is 0. The number of likely N-dealkylation sites (N-methyl/N-ethyl adjacent to an activating group) is 1. The Morgan fingerprint density at radius 3 is 3.09 bits per heavy atom. The fraction of sp³-hybridized carbons (Fsp3) is 0.833. The molecule has 0 spiro atoms. The largest absolute Gasteiger partial charge is 0.600 e. The third-order valence-corrected chi connectivity index (χ3v) is 3.07. The molecule has 1 fully saturated rings. The first-order valence-electron chi connectivity index (χ1n) is 3.72. The van der Waals surface area contributed by atoms with E-state index in [0.29, 0.717) is 0 Å². The molecule has 0 amide bonds. The Morgan fingerprint density at radius 2 is 2.55 bits per heavy atom. The predicted molar refractivity (Wildman–Crippen MR) is 42.3 cm³/mol. The number of nitrogens with one attached hydrogen (secondary N) is 1. The summed E-state index contributed by atoms with van der Waals surface area (Å²) in [6, 6.07) is 0.243. The van der Waals surface area contributed by atoms with Crippen molar-refractivity contribution in [2.45, 2.75) is 6.04 Å². The summed E-state index contributed by atoms with van der Waals surface area (Å²) in [5.74, 6) is 0. The number of hydrogen-bond acceptors (Lipinski definition) is 4. The minimum Gasteiger partial charge on any atom is -0.600 e. The number of nitrogens with zero attached hydrogens (tertiary/aromatic N) is 1. The van der Waals surface area contributed by atoms with Gasteiger partial charge in [-0.3, -0.25) is 4.90 Å². The minimum atomic E-state index is -1.40. The lowest BCUT2D eigenvalue weighted by Crippen LogP contribution is -2.51. The van der Waals surface area contributed by atoms with Crippen LogP contribution in [0.2, 0.25) is 0 Å². The fourth-order valence-corrected chi connectivity index (χ4v) is 2.21. The minimum absolute atomic E-state index is 0.243. The normalized spacial score (nSPS) is 36.0. The first-order chi connectivity index (χ1) is 5.29. The number of rotatable bonds is 1. The van der Waals surface area contributed by atoms with Gasteiger partial charge in [0.25, 0.3) is 8.00 Å². The molecule has 0 aromatic heterocycles. The molecule has 62 valence electrons. The van der Waals surface area contributed by atoms with Crippen LogP contribution in [0.5, 0.6) is 0 Å². The first-order valence-corrected chi connectivity index (χ1v) is 4.90. The molecule has 5 heteroatoms. The van der Waals surface area contributed by atoms with Gasteiger partial charge in [0, 0.05) is 19.6 Å². The number of piperazine rings is 1. The van der Waals surface area contributed by atoms with Gasteiger partial charge in [-0.2, -0.15) is 0 Å². The summed E-state index contributed by atoms with van der Waals surface area (Å²) < 4.78 is 4.87. The summed E-state index contributed by atoms with van der Waals surface area (Å²) in [6.45, 7) is 2.88. The summed E-state index contributed by atoms with van der Waals surface area (Å²) in [5, 5.41) is 3.24. The maximum atomic E-state index is 10.8. The molecule has 2 heterocycles. The number of hydrogen-bond donors (Lipinski definition) is 1. The van der Waals surface area contributed by atoms with Crippen molar-refractivity contribution in [3.63, 3.8) is 0 Å². The summed E-state index contributed by atoms with van der Waals surface area (Å²) in [4.78, 5) is 12.9. The van der Waals surface area contributed by atoms with Crippen LogP contribution in [0.3, 0.4) is 0 Å². The van der Waals surface area contributed by atoms with E-state index in [-0.39, 0.29) is 6.04 Å². The first kappa shape index (κ1) is 7.65. The van der Waals surface area contributed by atoms with Crippen molar-refractivity contribution in [1.29, 1.82) is 0 Å². The molecule has 2 aliphatic rings. The molecule has 1 N–H and O–H groups in total. The Bertz CT molecular complexity index is 207. The van der Waals surface area contributed by atoms with Crippen LogP contribution in [-0.2, 0) is 4.52 Å². The second kappa shape index (κ2) is 2.81. The van der Waals surface area contributed by atoms with Crippen molar-refractivity contribution in [3.05, 3.63) is 0 Å². The molecule has 0 aliphatic carbocycles. The Labute approximate surface area is 66.7 Å². The van der Waals surface area contributed by atoms with Crippen LogP contribution in [0, 0.1) is 0 Å². The lowest BCUT2D eigenvalue weighted by molar-refractivity contribution is -0.159. The molecule has 0 saturated carbocycles. The molecular weight excluding hydrogens is 163 g/mol. The van der Waals surface area contributed by atoms with E-state index in [9.17, 15) is 4.89 Å².